The summed E-state index contributed by atoms with van der Waals surface area (Å²) in [6, 6.07) is 4.31. The average molecular weight is 498 g/mol. The number of methoxy groups -OCH3 is 1. The van der Waals surface area contributed by atoms with Gasteiger partial charge >= 0.3 is 24.2 Å². The van der Waals surface area contributed by atoms with E-state index in [1.807, 2.05) is 20.8 Å². The van der Waals surface area contributed by atoms with E-state index < -0.39 is 29.8 Å². The van der Waals surface area contributed by atoms with Crippen LogP contribution in [0.15, 0.2) is 18.2 Å². The number of nitrogens with two attached hydrogens (primary N) is 1. The van der Waals surface area contributed by atoms with Gasteiger partial charge in [0, 0.05) is 19.3 Å². The van der Waals surface area contributed by atoms with Gasteiger partial charge in [-0.15, -0.1) is 0 Å². The van der Waals surface area contributed by atoms with Crippen LogP contribution in [0.25, 0.3) is 0 Å². The number of carbonyl (C=O) groups is 4. The molecule has 0 heterocycles. The summed E-state index contributed by atoms with van der Waals surface area (Å²) in [5, 5.41) is 0. The Morgan fingerprint density at radius 1 is 0.829 bits per heavy atom. The molecule has 11 heteroatoms. The zero-order chi connectivity index (χ0) is 26.3. The van der Waals surface area contributed by atoms with Crippen molar-refractivity contribution in [1.82, 2.24) is 0 Å². The van der Waals surface area contributed by atoms with E-state index in [0.717, 1.165) is 0 Å². The number of esters is 2. The van der Waals surface area contributed by atoms with Gasteiger partial charge in [0.25, 0.3) is 0 Å². The van der Waals surface area contributed by atoms with Gasteiger partial charge in [0.2, 0.25) is 0 Å². The molecule has 0 aliphatic heterocycles. The number of carbonyl (C=O) groups excluding carboxylic acids is 4. The van der Waals surface area contributed by atoms with Crippen molar-refractivity contribution in [1.29, 1.82) is 0 Å². The van der Waals surface area contributed by atoms with E-state index in [2.05, 4.69) is 0 Å². The van der Waals surface area contributed by atoms with Gasteiger partial charge in [-0.25, -0.2) is 9.59 Å². The predicted octanol–water partition coefficient (Wildman–Crippen LogP) is 3.68. The topological polar surface area (TPSA) is 150 Å². The standard InChI is InChI=1S/C24H35NO10/c1-5-8-20(26)31-14-11-24(25,21(27)30-4)16-17-9-10-18(34-22(28)32-12-6-2)19(15-17)35-23(29)33-13-7-3/h9-10,15H,5-8,11-14,16,25H2,1-4H3/t24-/m1/s1. The number of benzene rings is 1. The summed E-state index contributed by atoms with van der Waals surface area (Å²) in [5.41, 5.74) is 5.26. The monoisotopic (exact) mass is 497 g/mol. The molecule has 35 heavy (non-hydrogen) atoms. The first-order valence-electron chi connectivity index (χ1n) is 11.5. The van der Waals surface area contributed by atoms with Crippen LogP contribution >= 0.6 is 0 Å². The van der Waals surface area contributed by atoms with Gasteiger partial charge in [-0.2, -0.15) is 0 Å². The van der Waals surface area contributed by atoms with Crippen molar-refractivity contribution in [2.24, 2.45) is 5.73 Å². The maximum absolute atomic E-state index is 12.5. The van der Waals surface area contributed by atoms with Crippen LogP contribution in [-0.4, -0.2) is 56.7 Å². The Balaban J connectivity index is 3.12. The van der Waals surface area contributed by atoms with E-state index in [-0.39, 0.29) is 50.6 Å². The largest absolute Gasteiger partial charge is 0.513 e. The molecule has 0 saturated heterocycles. The molecule has 0 aliphatic carbocycles. The summed E-state index contributed by atoms with van der Waals surface area (Å²) < 4.78 is 30.2. The van der Waals surface area contributed by atoms with E-state index in [9.17, 15) is 19.2 Å². The van der Waals surface area contributed by atoms with Crippen molar-refractivity contribution in [3.8, 4) is 11.5 Å². The van der Waals surface area contributed by atoms with Crippen LogP contribution in [-0.2, 0) is 35.0 Å². The highest BCUT2D eigenvalue weighted by Crippen LogP contribution is 2.31. The first kappa shape index (κ1) is 29.7. The summed E-state index contributed by atoms with van der Waals surface area (Å²) in [4.78, 5) is 48.0. The molecule has 0 amide bonds. The Morgan fingerprint density at radius 3 is 1.97 bits per heavy atom. The summed E-state index contributed by atoms with van der Waals surface area (Å²) in [6.45, 7) is 5.70. The van der Waals surface area contributed by atoms with Crippen molar-refractivity contribution in [2.45, 2.75) is 64.8 Å². The molecule has 1 atom stereocenters. The Bertz CT molecular complexity index is 857. The van der Waals surface area contributed by atoms with E-state index in [1.54, 1.807) is 6.07 Å². The molecule has 1 rings (SSSR count). The third kappa shape index (κ3) is 10.6. The van der Waals surface area contributed by atoms with Gasteiger partial charge in [0.15, 0.2) is 11.5 Å². The minimum Gasteiger partial charge on any atom is -0.468 e. The summed E-state index contributed by atoms with van der Waals surface area (Å²) in [7, 11) is 1.20. The molecule has 2 N–H and O–H groups in total. The summed E-state index contributed by atoms with van der Waals surface area (Å²) in [5.74, 6) is -1.31. The number of hydrogen-bond acceptors (Lipinski definition) is 11. The lowest BCUT2D eigenvalue weighted by atomic mass is 9.88. The zero-order valence-corrected chi connectivity index (χ0v) is 20.8. The van der Waals surface area contributed by atoms with Gasteiger partial charge in [-0.3, -0.25) is 9.59 Å². The highest BCUT2D eigenvalue weighted by Gasteiger charge is 2.36. The van der Waals surface area contributed by atoms with E-state index in [0.29, 0.717) is 24.8 Å². The molecule has 11 nitrogen and oxygen atoms in total. The quantitative estimate of drug-likeness (QED) is 0.228. The molecule has 0 aromatic heterocycles. The molecule has 0 aliphatic rings. The highest BCUT2D eigenvalue weighted by molar-refractivity contribution is 5.81. The lowest BCUT2D eigenvalue weighted by Crippen LogP contribution is -2.51. The maximum Gasteiger partial charge on any atom is 0.513 e. The normalized spacial score (nSPS) is 12.1. The van der Waals surface area contributed by atoms with Crippen molar-refractivity contribution >= 4 is 24.2 Å². The molecular formula is C24H35NO10. The molecule has 0 fully saturated rings. The third-order valence-corrected chi connectivity index (χ3v) is 4.62. The van der Waals surface area contributed by atoms with Gasteiger partial charge in [0.05, 0.1) is 26.9 Å². The third-order valence-electron chi connectivity index (χ3n) is 4.62. The molecule has 0 spiro atoms. The molecule has 0 radical (unpaired) electrons. The molecule has 0 bridgehead atoms. The SMILES string of the molecule is CCCOC(=O)Oc1ccc(C[C@](N)(CCOC(=O)CCC)C(=O)OC)cc1OC(=O)OCCC. The second-order valence-corrected chi connectivity index (χ2v) is 7.73. The Labute approximate surface area is 205 Å². The predicted molar refractivity (Wildman–Crippen MR) is 124 cm³/mol. The van der Waals surface area contributed by atoms with E-state index >= 15 is 0 Å². The lowest BCUT2D eigenvalue weighted by molar-refractivity contribution is -0.151. The van der Waals surface area contributed by atoms with Crippen LogP contribution in [0.1, 0.15) is 58.4 Å². The smallest absolute Gasteiger partial charge is 0.468 e. The minimum absolute atomic E-state index is 0.00848. The van der Waals surface area contributed by atoms with Crippen LogP contribution < -0.4 is 15.2 Å². The minimum atomic E-state index is -1.54. The van der Waals surface area contributed by atoms with Crippen LogP contribution in [0.2, 0.25) is 0 Å². The van der Waals surface area contributed by atoms with Crippen molar-refractivity contribution in [3.63, 3.8) is 0 Å². The van der Waals surface area contributed by atoms with Crippen LogP contribution in [0.5, 0.6) is 11.5 Å². The van der Waals surface area contributed by atoms with Crippen LogP contribution in [0.4, 0.5) is 9.59 Å². The van der Waals surface area contributed by atoms with Gasteiger partial charge in [0.1, 0.15) is 5.54 Å². The molecule has 0 unspecified atom stereocenters. The average Bonchev–Trinajstić information content (AvgIpc) is 2.82. The first-order valence-corrected chi connectivity index (χ1v) is 11.5. The highest BCUT2D eigenvalue weighted by atomic mass is 16.7. The van der Waals surface area contributed by atoms with Crippen LogP contribution in [0.3, 0.4) is 0 Å². The summed E-state index contributed by atoms with van der Waals surface area (Å²) >= 11 is 0. The fourth-order valence-electron chi connectivity index (χ4n) is 2.89. The lowest BCUT2D eigenvalue weighted by Gasteiger charge is -2.26. The second kappa shape index (κ2) is 15.5. The zero-order valence-electron chi connectivity index (χ0n) is 20.8. The number of hydrogen-bond donors (Lipinski definition) is 1. The molecular weight excluding hydrogens is 462 g/mol. The van der Waals surface area contributed by atoms with Crippen molar-refractivity contribution in [3.05, 3.63) is 23.8 Å². The Hall–Kier alpha value is -3.34. The van der Waals surface area contributed by atoms with Crippen molar-refractivity contribution < 1.29 is 47.6 Å². The van der Waals surface area contributed by atoms with Gasteiger partial charge < -0.3 is 34.2 Å². The van der Waals surface area contributed by atoms with Gasteiger partial charge in [-0.1, -0.05) is 26.8 Å². The molecule has 196 valence electrons. The molecule has 1 aromatic carbocycles. The first-order chi connectivity index (χ1) is 16.7. The van der Waals surface area contributed by atoms with E-state index in [1.165, 1.54) is 19.2 Å². The maximum atomic E-state index is 12.5. The summed E-state index contributed by atoms with van der Waals surface area (Å²) in [6.07, 6.45) is 0.0474. The van der Waals surface area contributed by atoms with Gasteiger partial charge in [-0.05, 0) is 37.0 Å². The fourth-order valence-corrected chi connectivity index (χ4v) is 2.89. The second-order valence-electron chi connectivity index (χ2n) is 7.73. The Morgan fingerprint density at radius 2 is 1.43 bits per heavy atom. The molecule has 0 saturated carbocycles. The Kier molecular flexibility index (Phi) is 13.2. The molecule has 1 aromatic rings. The fraction of sp³-hybridized carbons (Fsp3) is 0.583. The number of rotatable bonds is 14. The number of ether oxygens (including phenoxy) is 6. The van der Waals surface area contributed by atoms with E-state index in [4.69, 9.17) is 34.2 Å². The van der Waals surface area contributed by atoms with Crippen LogP contribution in [0, 0.1) is 0 Å². The van der Waals surface area contributed by atoms with Crippen molar-refractivity contribution in [2.75, 3.05) is 26.9 Å².